The quantitative estimate of drug-likeness (QED) is 0.491. The first kappa shape index (κ1) is 5.32. The Morgan fingerprint density at radius 1 is 0.889 bits per heavy atom. The molecule has 2 rings (SSSR count). The Hall–Kier alpha value is -0.480. The number of hydrogen-bond donors (Lipinski definition) is 0. The van der Waals surface area contributed by atoms with E-state index in [1.807, 2.05) is 0 Å². The molecule has 2 aliphatic rings. The molecule has 0 atom stereocenters. The second kappa shape index (κ2) is 2.04. The molecule has 0 spiro atoms. The number of rotatable bonds is 2. The van der Waals surface area contributed by atoms with Gasteiger partial charge >= 0.3 is 0 Å². The molecule has 0 heterocycles. The number of hydrogen-bond acceptors (Lipinski definition) is 0. The highest BCUT2D eigenvalue weighted by Gasteiger charge is 2.18. The molecule has 0 aromatic carbocycles. The van der Waals surface area contributed by atoms with Crippen molar-refractivity contribution in [1.29, 1.82) is 0 Å². The average Bonchev–Trinajstić information content (AvgIpc) is 2.57. The van der Waals surface area contributed by atoms with Crippen LogP contribution in [0.2, 0.25) is 0 Å². The van der Waals surface area contributed by atoms with E-state index in [4.69, 9.17) is 0 Å². The van der Waals surface area contributed by atoms with Crippen LogP contribution in [-0.4, -0.2) is 0 Å². The Morgan fingerprint density at radius 3 is 1.67 bits per heavy atom. The van der Waals surface area contributed by atoms with E-state index in [0.29, 0.717) is 0 Å². The van der Waals surface area contributed by atoms with Crippen LogP contribution in [0.3, 0.4) is 0 Å². The lowest BCUT2D eigenvalue weighted by Gasteiger charge is -1.72. The minimum atomic E-state index is 0.903. The van der Waals surface area contributed by atoms with E-state index in [0.717, 1.165) is 11.8 Å². The minimum Gasteiger partial charge on any atom is -0.129 e. The fourth-order valence-corrected chi connectivity index (χ4v) is 0.854. The van der Waals surface area contributed by atoms with Crippen molar-refractivity contribution in [3.63, 3.8) is 0 Å². The lowest BCUT2D eigenvalue weighted by molar-refractivity contribution is 1.10. The van der Waals surface area contributed by atoms with Crippen LogP contribution in [0.15, 0.2) is 17.9 Å². The lowest BCUT2D eigenvalue weighted by Crippen LogP contribution is -1.59. The van der Waals surface area contributed by atoms with E-state index >= 15 is 0 Å². The lowest BCUT2D eigenvalue weighted by atomic mass is 10.3. The molecule has 0 heteroatoms. The van der Waals surface area contributed by atoms with Crippen LogP contribution in [0, 0.1) is 11.8 Å². The van der Waals surface area contributed by atoms with Gasteiger partial charge in [0.15, 0.2) is 0 Å². The van der Waals surface area contributed by atoms with Gasteiger partial charge in [0.25, 0.3) is 0 Å². The summed E-state index contributed by atoms with van der Waals surface area (Å²) in [5.74, 6) is 1.81. The van der Waals surface area contributed by atoms with Crippen molar-refractivity contribution in [2.45, 2.75) is 25.7 Å². The van der Waals surface area contributed by atoms with Crippen LogP contribution in [0.1, 0.15) is 25.7 Å². The van der Waals surface area contributed by atoms with Crippen LogP contribution in [0.4, 0.5) is 0 Å². The monoisotopic (exact) mass is 120 g/mol. The molecule has 9 heavy (non-hydrogen) atoms. The maximum Gasteiger partial charge on any atom is -0.0157 e. The van der Waals surface area contributed by atoms with E-state index in [-0.39, 0.29) is 0 Å². The third-order valence-corrected chi connectivity index (χ3v) is 1.91. The summed E-state index contributed by atoms with van der Waals surface area (Å²) in [6.45, 7) is 0. The van der Waals surface area contributed by atoms with Gasteiger partial charge in [0.1, 0.15) is 0 Å². The van der Waals surface area contributed by atoms with Crippen molar-refractivity contribution in [1.82, 2.24) is 0 Å². The van der Waals surface area contributed by atoms with Gasteiger partial charge in [-0.3, -0.25) is 0 Å². The van der Waals surface area contributed by atoms with Gasteiger partial charge in [-0.25, -0.2) is 0 Å². The maximum absolute atomic E-state index is 3.26. The second-order valence-corrected chi connectivity index (χ2v) is 3.17. The molecule has 0 bridgehead atoms. The fourth-order valence-electron chi connectivity index (χ4n) is 0.854. The Balaban J connectivity index is 1.83. The van der Waals surface area contributed by atoms with Gasteiger partial charge in [-0.1, -0.05) is 0 Å². The van der Waals surface area contributed by atoms with Gasteiger partial charge in [0.2, 0.25) is 0 Å². The zero-order valence-electron chi connectivity index (χ0n) is 5.64. The first-order valence-corrected chi connectivity index (χ1v) is 3.88. The Morgan fingerprint density at radius 2 is 1.33 bits per heavy atom. The SMILES string of the molecule is C(=CC1CC1)=CC1CC1. The first-order valence-electron chi connectivity index (χ1n) is 3.88. The molecule has 2 aliphatic carbocycles. The summed E-state index contributed by atoms with van der Waals surface area (Å²) in [5, 5.41) is 0. The van der Waals surface area contributed by atoms with Crippen molar-refractivity contribution in [2.24, 2.45) is 11.8 Å². The van der Waals surface area contributed by atoms with Gasteiger partial charge in [-0.05, 0) is 49.7 Å². The molecule has 0 N–H and O–H groups in total. The Bertz CT molecular complexity index is 137. The average molecular weight is 120 g/mol. The molecule has 0 aromatic heterocycles. The molecular weight excluding hydrogens is 108 g/mol. The molecule has 2 fully saturated rings. The van der Waals surface area contributed by atoms with E-state index in [2.05, 4.69) is 17.9 Å². The summed E-state index contributed by atoms with van der Waals surface area (Å²) in [5.41, 5.74) is 3.26. The minimum absolute atomic E-state index is 0.903. The zero-order chi connectivity index (χ0) is 6.10. The highest BCUT2D eigenvalue weighted by molar-refractivity contribution is 5.00. The number of allylic oxidation sites excluding steroid dienone is 1. The molecule has 0 amide bonds. The maximum atomic E-state index is 3.26. The van der Waals surface area contributed by atoms with Crippen LogP contribution in [-0.2, 0) is 0 Å². The molecule has 0 aliphatic heterocycles. The molecule has 0 radical (unpaired) electrons. The largest absolute Gasteiger partial charge is 0.129 e. The Labute approximate surface area is 56.3 Å². The molecule has 48 valence electrons. The van der Waals surface area contributed by atoms with Crippen molar-refractivity contribution >= 4 is 0 Å². The second-order valence-electron chi connectivity index (χ2n) is 3.17. The molecule has 2 saturated carbocycles. The third-order valence-electron chi connectivity index (χ3n) is 1.91. The summed E-state index contributed by atoms with van der Waals surface area (Å²) in [6.07, 6.45) is 10.1. The summed E-state index contributed by atoms with van der Waals surface area (Å²) in [4.78, 5) is 0. The zero-order valence-corrected chi connectivity index (χ0v) is 5.64. The van der Waals surface area contributed by atoms with Gasteiger partial charge in [-0.15, -0.1) is 5.73 Å². The first-order chi connectivity index (χ1) is 4.45. The van der Waals surface area contributed by atoms with Gasteiger partial charge in [-0.2, -0.15) is 0 Å². The van der Waals surface area contributed by atoms with Crippen molar-refractivity contribution in [3.8, 4) is 0 Å². The van der Waals surface area contributed by atoms with E-state index in [1.165, 1.54) is 25.7 Å². The van der Waals surface area contributed by atoms with Crippen molar-refractivity contribution in [3.05, 3.63) is 17.9 Å². The van der Waals surface area contributed by atoms with E-state index in [1.54, 1.807) is 0 Å². The molecule has 0 nitrogen and oxygen atoms in total. The van der Waals surface area contributed by atoms with E-state index < -0.39 is 0 Å². The van der Waals surface area contributed by atoms with E-state index in [9.17, 15) is 0 Å². The van der Waals surface area contributed by atoms with Crippen LogP contribution >= 0.6 is 0 Å². The predicted molar refractivity (Wildman–Crippen MR) is 38.1 cm³/mol. The normalized spacial score (nSPS) is 24.9. The highest BCUT2D eigenvalue weighted by atomic mass is 14.2. The fraction of sp³-hybridized carbons (Fsp3) is 0.667. The third kappa shape index (κ3) is 1.73. The van der Waals surface area contributed by atoms with Crippen LogP contribution in [0.25, 0.3) is 0 Å². The smallest absolute Gasteiger partial charge is 0.0157 e. The molecular formula is C9H12. The van der Waals surface area contributed by atoms with Crippen molar-refractivity contribution in [2.75, 3.05) is 0 Å². The summed E-state index contributed by atoms with van der Waals surface area (Å²) >= 11 is 0. The molecule has 0 aromatic rings. The highest BCUT2D eigenvalue weighted by Crippen LogP contribution is 2.31. The van der Waals surface area contributed by atoms with Gasteiger partial charge in [0, 0.05) is 0 Å². The topological polar surface area (TPSA) is 0 Å². The van der Waals surface area contributed by atoms with Crippen LogP contribution < -0.4 is 0 Å². The summed E-state index contributed by atoms with van der Waals surface area (Å²) in [7, 11) is 0. The van der Waals surface area contributed by atoms with Crippen LogP contribution in [0.5, 0.6) is 0 Å². The standard InChI is InChI=1S/C9H12/c1(2-8-4-5-8)3-9-6-7-9/h2-3,8-9H,4-7H2. The molecule has 0 unspecified atom stereocenters. The summed E-state index contributed by atoms with van der Waals surface area (Å²) < 4.78 is 0. The molecule has 0 saturated heterocycles. The van der Waals surface area contributed by atoms with Gasteiger partial charge in [0.05, 0.1) is 0 Å². The summed E-state index contributed by atoms with van der Waals surface area (Å²) in [6, 6.07) is 0. The van der Waals surface area contributed by atoms with Gasteiger partial charge < -0.3 is 0 Å². The predicted octanol–water partition coefficient (Wildman–Crippen LogP) is 2.52. The Kier molecular flexibility index (Phi) is 1.20. The van der Waals surface area contributed by atoms with Crippen molar-refractivity contribution < 1.29 is 0 Å².